The van der Waals surface area contributed by atoms with E-state index in [0.29, 0.717) is 11.5 Å². The molecule has 1 aliphatic carbocycles. The van der Waals surface area contributed by atoms with Gasteiger partial charge >= 0.3 is 0 Å². The molecule has 1 atom stereocenters. The summed E-state index contributed by atoms with van der Waals surface area (Å²) >= 11 is 10.7. The minimum absolute atomic E-state index is 0.181. The number of nitriles is 1. The van der Waals surface area contributed by atoms with Crippen molar-refractivity contribution in [1.82, 2.24) is 4.98 Å². The van der Waals surface area contributed by atoms with Gasteiger partial charge in [0.15, 0.2) is 0 Å². The molecule has 1 aromatic heterocycles. The van der Waals surface area contributed by atoms with Crippen LogP contribution in [-0.4, -0.2) is 14.8 Å². The second kappa shape index (κ2) is 7.63. The van der Waals surface area contributed by atoms with Crippen molar-refractivity contribution in [2.75, 3.05) is 5.75 Å². The highest BCUT2D eigenvalue weighted by molar-refractivity contribution is 8.01. The van der Waals surface area contributed by atoms with Crippen LogP contribution >= 0.6 is 37.0 Å². The summed E-state index contributed by atoms with van der Waals surface area (Å²) in [4.78, 5) is 4.84. The van der Waals surface area contributed by atoms with Crippen LogP contribution in [0.3, 0.4) is 0 Å². The Hall–Kier alpha value is -1.87. The predicted octanol–water partition coefficient (Wildman–Crippen LogP) is 5.96. The molecule has 27 heavy (non-hydrogen) atoms. The van der Waals surface area contributed by atoms with Gasteiger partial charge in [-0.1, -0.05) is 60.7 Å². The average molecular weight is 407 g/mol. The van der Waals surface area contributed by atoms with Gasteiger partial charge in [0, 0.05) is 16.9 Å². The van der Waals surface area contributed by atoms with Crippen molar-refractivity contribution in [2.24, 2.45) is 5.92 Å². The van der Waals surface area contributed by atoms with E-state index in [4.69, 9.17) is 4.98 Å². The van der Waals surface area contributed by atoms with E-state index >= 15 is 0 Å². The molecule has 2 aromatic carbocycles. The van der Waals surface area contributed by atoms with Gasteiger partial charge < -0.3 is 0 Å². The molecule has 0 saturated heterocycles. The zero-order chi connectivity index (χ0) is 18.9. The second-order valence-corrected chi connectivity index (χ2v) is 9.63. The standard InChI is InChI=1S/C22H18N2S3/c23-13-19-18(15-7-3-1-4-8-15)11-20(16-9-5-2-6-10-16)24-21(19)27-14-17-12-22(17,25)26/h1-11,17,25-26H,12,14H2. The molecule has 0 N–H and O–H groups in total. The fourth-order valence-corrected chi connectivity index (χ4v) is 5.11. The highest BCUT2D eigenvalue weighted by atomic mass is 32.2. The number of nitrogens with zero attached hydrogens (tertiary/aromatic N) is 2. The normalized spacial score (nSPS) is 17.3. The van der Waals surface area contributed by atoms with Crippen LogP contribution in [0.25, 0.3) is 22.4 Å². The van der Waals surface area contributed by atoms with Gasteiger partial charge in [-0.3, -0.25) is 0 Å². The molecule has 134 valence electrons. The molecular weight excluding hydrogens is 388 g/mol. The van der Waals surface area contributed by atoms with Crippen LogP contribution in [0.1, 0.15) is 12.0 Å². The van der Waals surface area contributed by atoms with E-state index in [2.05, 4.69) is 31.3 Å². The van der Waals surface area contributed by atoms with Crippen LogP contribution < -0.4 is 0 Å². The lowest BCUT2D eigenvalue weighted by Gasteiger charge is -2.13. The number of thioether (sulfide) groups is 1. The summed E-state index contributed by atoms with van der Waals surface area (Å²) in [5.41, 5.74) is 4.52. The summed E-state index contributed by atoms with van der Waals surface area (Å²) in [6, 6.07) is 24.5. The molecule has 2 nitrogen and oxygen atoms in total. The Morgan fingerprint density at radius 1 is 1.04 bits per heavy atom. The van der Waals surface area contributed by atoms with E-state index in [1.165, 1.54) is 0 Å². The van der Waals surface area contributed by atoms with E-state index in [1.807, 2.05) is 66.7 Å². The van der Waals surface area contributed by atoms with Crippen molar-refractivity contribution in [1.29, 1.82) is 5.26 Å². The zero-order valence-corrected chi connectivity index (χ0v) is 17.1. The molecule has 1 saturated carbocycles. The van der Waals surface area contributed by atoms with Gasteiger partial charge in [-0.2, -0.15) is 30.5 Å². The third kappa shape index (κ3) is 4.03. The van der Waals surface area contributed by atoms with Gasteiger partial charge in [0.1, 0.15) is 11.1 Å². The highest BCUT2D eigenvalue weighted by Gasteiger charge is 2.48. The first kappa shape index (κ1) is 18.5. The molecule has 1 unspecified atom stereocenters. The van der Waals surface area contributed by atoms with Crippen LogP contribution in [0.4, 0.5) is 0 Å². The molecule has 1 fully saturated rings. The van der Waals surface area contributed by atoms with Crippen molar-refractivity contribution in [3.05, 3.63) is 72.3 Å². The molecule has 3 aromatic rings. The largest absolute Gasteiger partial charge is 0.240 e. The van der Waals surface area contributed by atoms with Gasteiger partial charge in [0.25, 0.3) is 0 Å². The van der Waals surface area contributed by atoms with Gasteiger partial charge in [-0.25, -0.2) is 4.98 Å². The van der Waals surface area contributed by atoms with Gasteiger partial charge in [-0.05, 0) is 24.0 Å². The molecule has 0 radical (unpaired) electrons. The number of hydrogen-bond donors (Lipinski definition) is 2. The van der Waals surface area contributed by atoms with Crippen molar-refractivity contribution in [3.8, 4) is 28.5 Å². The predicted molar refractivity (Wildman–Crippen MR) is 119 cm³/mol. The number of rotatable bonds is 5. The SMILES string of the molecule is N#Cc1c(-c2ccccc2)cc(-c2ccccc2)nc1SCC1CC1(S)S. The van der Waals surface area contributed by atoms with Gasteiger partial charge in [0.05, 0.1) is 15.3 Å². The third-order valence-electron chi connectivity index (χ3n) is 4.71. The summed E-state index contributed by atoms with van der Waals surface area (Å²) in [5.74, 6) is 1.30. The van der Waals surface area contributed by atoms with E-state index in [-0.39, 0.29) is 4.08 Å². The summed E-state index contributed by atoms with van der Waals surface area (Å²) in [5, 5.41) is 10.7. The molecule has 0 bridgehead atoms. The number of benzene rings is 2. The van der Waals surface area contributed by atoms with Crippen LogP contribution in [0.2, 0.25) is 0 Å². The lowest BCUT2D eigenvalue weighted by molar-refractivity contribution is 0.985. The molecule has 1 heterocycles. The van der Waals surface area contributed by atoms with Crippen molar-refractivity contribution in [3.63, 3.8) is 0 Å². The Morgan fingerprint density at radius 3 is 2.19 bits per heavy atom. The smallest absolute Gasteiger partial charge is 0.115 e. The zero-order valence-electron chi connectivity index (χ0n) is 14.5. The summed E-state index contributed by atoms with van der Waals surface area (Å²) in [6.45, 7) is 0. The summed E-state index contributed by atoms with van der Waals surface area (Å²) in [6.07, 6.45) is 0.984. The molecule has 0 amide bonds. The topological polar surface area (TPSA) is 36.7 Å². The second-order valence-electron chi connectivity index (χ2n) is 6.67. The monoisotopic (exact) mass is 406 g/mol. The van der Waals surface area contributed by atoms with Crippen LogP contribution in [0.5, 0.6) is 0 Å². The number of hydrogen-bond acceptors (Lipinski definition) is 5. The first-order valence-corrected chi connectivity index (χ1v) is 10.6. The van der Waals surface area contributed by atoms with E-state index < -0.39 is 0 Å². The fraction of sp³-hybridized carbons (Fsp3) is 0.182. The number of aromatic nitrogens is 1. The van der Waals surface area contributed by atoms with E-state index in [1.54, 1.807) is 11.8 Å². The van der Waals surface area contributed by atoms with Crippen molar-refractivity contribution < 1.29 is 0 Å². The Bertz CT molecular complexity index is 995. The highest BCUT2D eigenvalue weighted by Crippen LogP contribution is 2.54. The van der Waals surface area contributed by atoms with Crippen molar-refractivity contribution in [2.45, 2.75) is 15.5 Å². The Kier molecular flexibility index (Phi) is 5.23. The number of thiol groups is 2. The molecule has 0 spiro atoms. The summed E-state index contributed by atoms with van der Waals surface area (Å²) in [7, 11) is 0. The summed E-state index contributed by atoms with van der Waals surface area (Å²) < 4.78 is -0.181. The van der Waals surface area contributed by atoms with E-state index in [9.17, 15) is 5.26 Å². The quantitative estimate of drug-likeness (QED) is 0.312. The Balaban J connectivity index is 1.79. The average Bonchev–Trinajstić information content (AvgIpc) is 3.33. The molecule has 4 rings (SSSR count). The maximum absolute atomic E-state index is 9.87. The maximum Gasteiger partial charge on any atom is 0.115 e. The van der Waals surface area contributed by atoms with Crippen LogP contribution in [0, 0.1) is 17.2 Å². The number of pyridine rings is 1. The lowest BCUT2D eigenvalue weighted by atomic mass is 9.99. The Morgan fingerprint density at radius 2 is 1.63 bits per heavy atom. The molecule has 0 aliphatic heterocycles. The molecule has 1 aliphatic rings. The third-order valence-corrected chi connectivity index (χ3v) is 6.95. The minimum Gasteiger partial charge on any atom is -0.240 e. The van der Waals surface area contributed by atoms with Gasteiger partial charge in [0.2, 0.25) is 0 Å². The lowest BCUT2D eigenvalue weighted by Crippen LogP contribution is -1.99. The Labute approximate surface area is 174 Å². The fourth-order valence-electron chi connectivity index (χ4n) is 3.01. The first-order chi connectivity index (χ1) is 13.1. The first-order valence-electron chi connectivity index (χ1n) is 8.72. The van der Waals surface area contributed by atoms with E-state index in [0.717, 1.165) is 39.6 Å². The molecular formula is C22H18N2S3. The van der Waals surface area contributed by atoms with Crippen LogP contribution in [-0.2, 0) is 0 Å². The van der Waals surface area contributed by atoms with Crippen LogP contribution in [0.15, 0.2) is 71.8 Å². The minimum atomic E-state index is -0.181. The van der Waals surface area contributed by atoms with Gasteiger partial charge in [-0.15, -0.1) is 11.8 Å². The van der Waals surface area contributed by atoms with Crippen molar-refractivity contribution >= 4 is 37.0 Å². The molecule has 5 heteroatoms. The maximum atomic E-state index is 9.87.